The number of ether oxygens (including phenoxy) is 2. The van der Waals surface area contributed by atoms with Crippen LogP contribution in [-0.2, 0) is 0 Å². The minimum absolute atomic E-state index is 0.0231. The zero-order valence-corrected chi connectivity index (χ0v) is 11.8. The smallest absolute Gasteiger partial charge is 0.231 e. The van der Waals surface area contributed by atoms with Crippen molar-refractivity contribution in [2.24, 2.45) is 0 Å². The predicted molar refractivity (Wildman–Crippen MR) is 83.6 cm³/mol. The Morgan fingerprint density at radius 1 is 0.957 bits per heavy atom. The summed E-state index contributed by atoms with van der Waals surface area (Å²) < 4.78 is 30.4. The van der Waals surface area contributed by atoms with Gasteiger partial charge in [0.2, 0.25) is 12.2 Å². The zero-order valence-electron chi connectivity index (χ0n) is 11.8. The van der Waals surface area contributed by atoms with E-state index in [0.29, 0.717) is 22.5 Å². The molecule has 0 N–H and O–H groups in total. The van der Waals surface area contributed by atoms with Crippen molar-refractivity contribution in [3.63, 3.8) is 0 Å². The van der Waals surface area contributed by atoms with Crippen molar-refractivity contribution in [1.29, 1.82) is 0 Å². The van der Waals surface area contributed by atoms with E-state index in [0.717, 1.165) is 10.8 Å². The van der Waals surface area contributed by atoms with E-state index in [1.54, 1.807) is 24.3 Å². The molecule has 5 heteroatoms. The number of hydrogen-bond donors (Lipinski definition) is 0. The number of halogens is 1. The van der Waals surface area contributed by atoms with E-state index in [2.05, 4.69) is 0 Å². The van der Waals surface area contributed by atoms with Crippen LogP contribution in [0.25, 0.3) is 32.7 Å². The molecule has 23 heavy (non-hydrogen) atoms. The quantitative estimate of drug-likeness (QED) is 0.461. The van der Waals surface area contributed by atoms with Crippen molar-refractivity contribution < 1.29 is 18.3 Å². The molecule has 0 saturated carbocycles. The molecule has 3 aromatic carbocycles. The maximum Gasteiger partial charge on any atom is 0.231 e. The zero-order chi connectivity index (χ0) is 15.6. The first-order chi connectivity index (χ1) is 11.2. The highest BCUT2D eigenvalue weighted by Gasteiger charge is 2.19. The molecule has 0 saturated heterocycles. The highest BCUT2D eigenvalue weighted by molar-refractivity contribution is 6.02. The van der Waals surface area contributed by atoms with Gasteiger partial charge < -0.3 is 13.9 Å². The van der Waals surface area contributed by atoms with Gasteiger partial charge in [-0.05, 0) is 35.7 Å². The summed E-state index contributed by atoms with van der Waals surface area (Å²) in [6.07, 6.45) is 0. The van der Waals surface area contributed by atoms with Gasteiger partial charge in [-0.25, -0.2) is 4.39 Å². The maximum atomic E-state index is 13.9. The van der Waals surface area contributed by atoms with Gasteiger partial charge in [-0.1, -0.05) is 12.1 Å². The molecule has 1 aliphatic heterocycles. The molecule has 0 radical (unpaired) electrons. The van der Waals surface area contributed by atoms with E-state index in [1.165, 1.54) is 12.1 Å². The number of fused-ring (bicyclic) bond motifs is 5. The lowest BCUT2D eigenvalue weighted by molar-refractivity contribution is 0.175. The Balaban J connectivity index is 1.99. The summed E-state index contributed by atoms with van der Waals surface area (Å²) in [5, 5.41) is 2.22. The van der Waals surface area contributed by atoms with Crippen LogP contribution in [-0.4, -0.2) is 6.79 Å². The molecule has 4 nitrogen and oxygen atoms in total. The van der Waals surface area contributed by atoms with E-state index < -0.39 is 5.82 Å². The summed E-state index contributed by atoms with van der Waals surface area (Å²) in [6, 6.07) is 11.4. The molecule has 0 spiro atoms. The van der Waals surface area contributed by atoms with Crippen molar-refractivity contribution in [2.75, 3.05) is 6.79 Å². The summed E-state index contributed by atoms with van der Waals surface area (Å²) in [6.45, 7) is 0.157. The molecular weight excluding hydrogens is 299 g/mol. The van der Waals surface area contributed by atoms with Crippen LogP contribution in [0.15, 0.2) is 51.7 Å². The van der Waals surface area contributed by atoms with Gasteiger partial charge in [0.1, 0.15) is 5.58 Å². The third-order valence-electron chi connectivity index (χ3n) is 4.12. The molecule has 0 aliphatic carbocycles. The second-order valence-corrected chi connectivity index (χ2v) is 5.42. The van der Waals surface area contributed by atoms with Crippen LogP contribution in [0.4, 0.5) is 4.39 Å². The lowest BCUT2D eigenvalue weighted by Crippen LogP contribution is -2.03. The normalized spacial score (nSPS) is 13.3. The molecule has 4 aromatic rings. The molecule has 112 valence electrons. The van der Waals surface area contributed by atoms with Crippen molar-refractivity contribution in [2.45, 2.75) is 0 Å². The Morgan fingerprint density at radius 3 is 2.78 bits per heavy atom. The SMILES string of the molecule is O=c1c2cc3c4c(ccc3cc2oc2c(F)cccc12)OCO4. The molecule has 0 atom stereocenters. The molecule has 0 fully saturated rings. The van der Waals surface area contributed by atoms with Gasteiger partial charge in [0.15, 0.2) is 22.9 Å². The first-order valence-electron chi connectivity index (χ1n) is 7.10. The largest absolute Gasteiger partial charge is 0.454 e. The molecule has 0 unspecified atom stereocenters. The highest BCUT2D eigenvalue weighted by Crippen LogP contribution is 2.40. The molecule has 0 amide bonds. The summed E-state index contributed by atoms with van der Waals surface area (Å²) in [7, 11) is 0. The number of hydrogen-bond acceptors (Lipinski definition) is 4. The van der Waals surface area contributed by atoms with Gasteiger partial charge in [0, 0.05) is 5.39 Å². The van der Waals surface area contributed by atoms with Crippen LogP contribution in [0, 0.1) is 5.82 Å². The summed E-state index contributed by atoms with van der Waals surface area (Å²) in [5.74, 6) is 0.712. The minimum atomic E-state index is -0.549. The molecule has 1 aliphatic rings. The Kier molecular flexibility index (Phi) is 2.29. The third-order valence-corrected chi connectivity index (χ3v) is 4.12. The highest BCUT2D eigenvalue weighted by atomic mass is 19.1. The van der Waals surface area contributed by atoms with Gasteiger partial charge in [-0.3, -0.25) is 4.79 Å². The van der Waals surface area contributed by atoms with Crippen LogP contribution in [0.1, 0.15) is 0 Å². The van der Waals surface area contributed by atoms with E-state index in [-0.39, 0.29) is 23.2 Å². The van der Waals surface area contributed by atoms with Gasteiger partial charge in [-0.2, -0.15) is 0 Å². The second kappa shape index (κ2) is 4.23. The monoisotopic (exact) mass is 308 g/mol. The van der Waals surface area contributed by atoms with Gasteiger partial charge >= 0.3 is 0 Å². The van der Waals surface area contributed by atoms with Crippen LogP contribution < -0.4 is 14.9 Å². The second-order valence-electron chi connectivity index (χ2n) is 5.42. The van der Waals surface area contributed by atoms with E-state index >= 15 is 0 Å². The summed E-state index contributed by atoms with van der Waals surface area (Å²) >= 11 is 0. The third kappa shape index (κ3) is 1.61. The fourth-order valence-electron chi connectivity index (χ4n) is 3.03. The fourth-order valence-corrected chi connectivity index (χ4v) is 3.03. The van der Waals surface area contributed by atoms with Crippen LogP contribution >= 0.6 is 0 Å². The number of rotatable bonds is 0. The molecule has 5 rings (SSSR count). The Labute approximate surface area is 128 Å². The topological polar surface area (TPSA) is 48.7 Å². The molecular formula is C18H9FO4. The maximum absolute atomic E-state index is 13.9. The van der Waals surface area contributed by atoms with Gasteiger partial charge in [-0.15, -0.1) is 0 Å². The van der Waals surface area contributed by atoms with Crippen LogP contribution in [0.5, 0.6) is 11.5 Å². The van der Waals surface area contributed by atoms with E-state index in [4.69, 9.17) is 13.9 Å². The molecule has 1 aromatic heterocycles. The number of para-hydroxylation sites is 1. The average molecular weight is 308 g/mol. The first kappa shape index (κ1) is 12.5. The average Bonchev–Trinajstić information content (AvgIpc) is 3.04. The predicted octanol–water partition coefficient (Wildman–Crippen LogP) is 3.97. The van der Waals surface area contributed by atoms with E-state index in [9.17, 15) is 9.18 Å². The van der Waals surface area contributed by atoms with Gasteiger partial charge in [0.25, 0.3) is 0 Å². The summed E-state index contributed by atoms with van der Waals surface area (Å²) in [5.41, 5.74) is 0.0585. The Hall–Kier alpha value is -3.08. The lowest BCUT2D eigenvalue weighted by atomic mass is 10.0. The first-order valence-corrected chi connectivity index (χ1v) is 7.10. The number of benzene rings is 3. The van der Waals surface area contributed by atoms with E-state index in [1.807, 2.05) is 6.07 Å². The molecule has 2 heterocycles. The Bertz CT molecular complexity index is 1180. The fraction of sp³-hybridized carbons (Fsp3) is 0.0556. The van der Waals surface area contributed by atoms with Crippen molar-refractivity contribution >= 4 is 32.7 Å². The van der Waals surface area contributed by atoms with Crippen molar-refractivity contribution in [1.82, 2.24) is 0 Å². The molecule has 0 bridgehead atoms. The van der Waals surface area contributed by atoms with Crippen LogP contribution in [0.3, 0.4) is 0 Å². The minimum Gasteiger partial charge on any atom is -0.454 e. The standard InChI is InChI=1S/C18H9FO4/c19-13-3-1-2-10-16(20)12-7-11-9(6-15(12)23-17(10)13)4-5-14-18(11)22-8-21-14/h1-7H,8H2. The van der Waals surface area contributed by atoms with Crippen molar-refractivity contribution in [3.8, 4) is 11.5 Å². The van der Waals surface area contributed by atoms with Gasteiger partial charge in [0.05, 0.1) is 10.8 Å². The lowest BCUT2D eigenvalue weighted by Gasteiger charge is -2.06. The van der Waals surface area contributed by atoms with Crippen LogP contribution in [0.2, 0.25) is 0 Å². The summed E-state index contributed by atoms with van der Waals surface area (Å²) in [4.78, 5) is 12.7. The Morgan fingerprint density at radius 2 is 1.87 bits per heavy atom. The van der Waals surface area contributed by atoms with Crippen molar-refractivity contribution in [3.05, 3.63) is 58.5 Å².